The molecule has 296 valence electrons. The molecule has 1 aliphatic rings. The van der Waals surface area contributed by atoms with Gasteiger partial charge in [-0.1, -0.05) is 12.5 Å². The maximum absolute atomic E-state index is 12.7. The number of allylic oxidation sites excluding steroid dienone is 1. The molecule has 2 rings (SSSR count). The quantitative estimate of drug-likeness (QED) is 0.0306. The van der Waals surface area contributed by atoms with E-state index in [1.807, 2.05) is 0 Å². The molecule has 0 aromatic heterocycles. The molecule has 1 saturated heterocycles. The van der Waals surface area contributed by atoms with Crippen LogP contribution in [0, 0.1) is 0 Å². The molecule has 4 amide bonds. The van der Waals surface area contributed by atoms with E-state index < -0.39 is 70.1 Å². The van der Waals surface area contributed by atoms with Crippen molar-refractivity contribution in [1.29, 1.82) is 0 Å². The number of ether oxygens (including phenoxy) is 5. The van der Waals surface area contributed by atoms with Gasteiger partial charge in [-0.3, -0.25) is 33.4 Å². The van der Waals surface area contributed by atoms with Gasteiger partial charge in [-0.15, -0.1) is 0 Å². The fourth-order valence-electron chi connectivity index (χ4n) is 4.83. The van der Waals surface area contributed by atoms with Crippen molar-refractivity contribution in [3.8, 4) is 11.5 Å². The fraction of sp³-hybridized carbons (Fsp3) is 0.576. The predicted octanol–water partition coefficient (Wildman–Crippen LogP) is 0.0848. The predicted molar refractivity (Wildman–Crippen MR) is 183 cm³/mol. The minimum atomic E-state index is -4.65. The summed E-state index contributed by atoms with van der Waals surface area (Å²) < 4.78 is 59.8. The van der Waals surface area contributed by atoms with Crippen LogP contribution in [0.1, 0.15) is 57.9 Å². The molecule has 0 bridgehead atoms. The van der Waals surface area contributed by atoms with Gasteiger partial charge >= 0.3 is 11.9 Å². The van der Waals surface area contributed by atoms with Crippen molar-refractivity contribution in [1.82, 2.24) is 15.5 Å². The number of imide groups is 1. The van der Waals surface area contributed by atoms with Crippen LogP contribution in [-0.2, 0) is 59.7 Å². The van der Waals surface area contributed by atoms with Crippen LogP contribution in [0.3, 0.4) is 0 Å². The monoisotopic (exact) mass is 773 g/mol. The Balaban J connectivity index is 1.83. The van der Waals surface area contributed by atoms with Gasteiger partial charge in [0.05, 0.1) is 19.3 Å². The number of benzene rings is 1. The molecular formula is C33H47N3O16S. The van der Waals surface area contributed by atoms with E-state index in [4.69, 9.17) is 23.7 Å². The number of carbonyl (C=O) groups excluding carboxylic acids is 5. The third-order valence-electron chi connectivity index (χ3n) is 7.36. The minimum Gasteiger partial charge on any atom is -0.491 e. The van der Waals surface area contributed by atoms with Gasteiger partial charge in [0.2, 0.25) is 24.5 Å². The molecule has 1 aliphatic heterocycles. The average molecular weight is 774 g/mol. The number of nitrogens with one attached hydrogen (secondary N) is 2. The second kappa shape index (κ2) is 23.1. The molecule has 4 atom stereocenters. The van der Waals surface area contributed by atoms with E-state index in [-0.39, 0.29) is 70.3 Å². The van der Waals surface area contributed by atoms with Gasteiger partial charge in [0.25, 0.3) is 16.0 Å². The molecule has 0 saturated carbocycles. The second-order valence-electron chi connectivity index (χ2n) is 11.8. The number of carboxylic acid groups (broad SMARTS) is 1. The van der Waals surface area contributed by atoms with Crippen molar-refractivity contribution in [2.45, 2.75) is 83.5 Å². The molecule has 53 heavy (non-hydrogen) atoms. The van der Waals surface area contributed by atoms with E-state index in [1.165, 1.54) is 31.2 Å². The summed E-state index contributed by atoms with van der Waals surface area (Å²) in [5.41, 5.74) is 0.473. The lowest BCUT2D eigenvalue weighted by Crippen LogP contribution is -2.50. The van der Waals surface area contributed by atoms with Crippen molar-refractivity contribution in [3.63, 3.8) is 0 Å². The molecular weight excluding hydrogens is 726 g/mol. The molecule has 1 aromatic carbocycles. The summed E-state index contributed by atoms with van der Waals surface area (Å²) in [4.78, 5) is 71.6. The number of aliphatic hydroxyl groups excluding tert-OH is 1. The number of carboxylic acids is 1. The van der Waals surface area contributed by atoms with Crippen LogP contribution in [0.25, 0.3) is 0 Å². The van der Waals surface area contributed by atoms with Crippen molar-refractivity contribution in [2.24, 2.45) is 0 Å². The lowest BCUT2D eigenvalue weighted by Gasteiger charge is -2.31. The van der Waals surface area contributed by atoms with E-state index in [1.54, 1.807) is 13.0 Å². The van der Waals surface area contributed by atoms with Gasteiger partial charge in [-0.05, 0) is 38.0 Å². The van der Waals surface area contributed by atoms with Crippen molar-refractivity contribution in [3.05, 3.63) is 35.9 Å². The third kappa shape index (κ3) is 18.1. The van der Waals surface area contributed by atoms with E-state index >= 15 is 0 Å². The van der Waals surface area contributed by atoms with Gasteiger partial charge in [-0.2, -0.15) is 8.42 Å². The highest BCUT2D eigenvalue weighted by molar-refractivity contribution is 7.85. The first-order valence-corrected chi connectivity index (χ1v) is 18.3. The first kappa shape index (κ1) is 44.5. The maximum atomic E-state index is 12.7. The zero-order chi connectivity index (χ0) is 39.4. The Morgan fingerprint density at radius 1 is 1.09 bits per heavy atom. The first-order chi connectivity index (χ1) is 25.1. The van der Waals surface area contributed by atoms with Gasteiger partial charge in [-0.25, -0.2) is 4.79 Å². The fourth-order valence-corrected chi connectivity index (χ4v) is 5.48. The Morgan fingerprint density at radius 2 is 1.85 bits per heavy atom. The summed E-state index contributed by atoms with van der Waals surface area (Å²) in [6, 6.07) is 2.98. The van der Waals surface area contributed by atoms with Gasteiger partial charge < -0.3 is 44.5 Å². The van der Waals surface area contributed by atoms with Gasteiger partial charge in [0, 0.05) is 50.9 Å². The summed E-state index contributed by atoms with van der Waals surface area (Å²) in [6.45, 7) is 2.73. The highest BCUT2D eigenvalue weighted by Gasteiger charge is 2.34. The zero-order valence-corrected chi connectivity index (χ0v) is 30.3. The van der Waals surface area contributed by atoms with Crippen molar-refractivity contribution < 1.29 is 75.6 Å². The Hall–Kier alpha value is -4.63. The number of carbonyl (C=O) groups is 6. The van der Waals surface area contributed by atoms with Gasteiger partial charge in [0.15, 0.2) is 6.10 Å². The van der Waals surface area contributed by atoms with Gasteiger partial charge in [0.1, 0.15) is 36.5 Å². The number of nitrogens with zero attached hydrogens (tertiary/aromatic N) is 1. The molecule has 0 aliphatic carbocycles. The summed E-state index contributed by atoms with van der Waals surface area (Å²) >= 11 is 0. The molecule has 4 unspecified atom stereocenters. The number of aliphatic carboxylic acids is 1. The average Bonchev–Trinajstić information content (AvgIpc) is 3.07. The molecule has 19 nitrogen and oxygen atoms in total. The molecule has 5 N–H and O–H groups in total. The minimum absolute atomic E-state index is 0.00539. The highest BCUT2D eigenvalue weighted by Crippen LogP contribution is 2.29. The number of hydrogen-bond acceptors (Lipinski definition) is 14. The summed E-state index contributed by atoms with van der Waals surface area (Å²) in [6.07, 6.45) is 1.01. The number of unbranched alkanes of at least 4 members (excludes halogenated alkanes) is 2. The molecule has 1 fully saturated rings. The molecule has 0 radical (unpaired) electrons. The Kier molecular flexibility index (Phi) is 19.4. The highest BCUT2D eigenvalue weighted by atomic mass is 32.2. The molecule has 1 aromatic rings. The normalized spacial score (nSPS) is 17.7. The topological polar surface area (TPSA) is 271 Å². The Bertz CT molecular complexity index is 1540. The summed E-state index contributed by atoms with van der Waals surface area (Å²) in [5, 5.41) is 24.0. The molecule has 0 spiro atoms. The van der Waals surface area contributed by atoms with Crippen molar-refractivity contribution >= 4 is 46.2 Å². The van der Waals surface area contributed by atoms with Crippen LogP contribution < -0.4 is 20.1 Å². The van der Waals surface area contributed by atoms with Crippen LogP contribution in [0.15, 0.2) is 30.4 Å². The van der Waals surface area contributed by atoms with E-state index in [9.17, 15) is 52.0 Å². The Labute approximate surface area is 306 Å². The molecule has 20 heteroatoms. The van der Waals surface area contributed by atoms with E-state index in [0.29, 0.717) is 31.2 Å². The largest absolute Gasteiger partial charge is 0.491 e. The number of aliphatic hydroxyl groups is 1. The van der Waals surface area contributed by atoms with Crippen LogP contribution >= 0.6 is 0 Å². The second-order valence-corrected chi connectivity index (χ2v) is 13.3. The maximum Gasteiger partial charge on any atom is 0.333 e. The van der Waals surface area contributed by atoms with Crippen LogP contribution in [-0.4, -0.2) is 127 Å². The smallest absolute Gasteiger partial charge is 0.333 e. The third-order valence-corrected chi connectivity index (χ3v) is 8.12. The summed E-state index contributed by atoms with van der Waals surface area (Å²) in [5.74, 6) is -4.34. The van der Waals surface area contributed by atoms with Crippen molar-refractivity contribution in [2.75, 3.05) is 38.7 Å². The summed E-state index contributed by atoms with van der Waals surface area (Å²) in [7, 11) is -4.65. The SMILES string of the molecule is C/C=C\C(=O)N(C=O)CCCCCC(=O)NC(CS(=O)(=O)O)C(=O)NCCOCCOc1cc(OC2CC(O)CC(C(=O)O)O2)ccc1COC(C)=O. The number of rotatable bonds is 24. The van der Waals surface area contributed by atoms with Crippen LogP contribution in [0.4, 0.5) is 0 Å². The standard InChI is InChI=1S/C33H47N3O16S/c1-3-7-30(41)36(21-37)12-6-4-5-8-29(40)35-26(20-53(45,46)47)32(42)34-11-13-48-14-15-49-27-18-25(10-9-23(27)19-50-22(2)38)51-31-17-24(39)16-28(52-31)33(43)44/h3,7,9-10,18,21,24,26,28,31,39H,4-6,8,11-17,19-20H2,1-2H3,(H,34,42)(H,35,40)(H,43,44)(H,45,46,47)/b7-3-. The zero-order valence-electron chi connectivity index (χ0n) is 29.5. The Morgan fingerprint density at radius 3 is 2.51 bits per heavy atom. The lowest BCUT2D eigenvalue weighted by atomic mass is 10.1. The number of hydrogen-bond donors (Lipinski definition) is 5. The van der Waals surface area contributed by atoms with Crippen LogP contribution in [0.2, 0.25) is 0 Å². The number of amides is 4. The molecule has 1 heterocycles. The lowest BCUT2D eigenvalue weighted by molar-refractivity contribution is -0.195. The number of esters is 1. The van der Waals surface area contributed by atoms with E-state index in [0.717, 1.165) is 4.90 Å². The van der Waals surface area contributed by atoms with Crippen LogP contribution in [0.5, 0.6) is 11.5 Å². The first-order valence-electron chi connectivity index (χ1n) is 16.7. The van der Waals surface area contributed by atoms with E-state index in [2.05, 4.69) is 10.6 Å².